The molecule has 1 rings (SSSR count). The third kappa shape index (κ3) is 3.64. The van der Waals surface area contributed by atoms with Crippen LogP contribution in [-0.4, -0.2) is 28.0 Å². The Kier molecular flexibility index (Phi) is 3.88. The average Bonchev–Trinajstić information content (AvgIpc) is 2.50. The summed E-state index contributed by atoms with van der Waals surface area (Å²) in [6, 6.07) is 0. The number of aromatic nitrogens is 2. The van der Waals surface area contributed by atoms with Crippen molar-refractivity contribution in [3.63, 3.8) is 0 Å². The number of aliphatic hydroxyl groups excluding tert-OH is 1. The monoisotopic (exact) mass is 211 g/mol. The van der Waals surface area contributed by atoms with Crippen LogP contribution in [0.15, 0.2) is 6.20 Å². The second kappa shape index (κ2) is 4.77. The Morgan fingerprint density at radius 1 is 1.53 bits per heavy atom. The van der Waals surface area contributed by atoms with E-state index in [0.717, 1.165) is 12.2 Å². The fraction of sp³-hybridized carbons (Fsp3) is 0.727. The van der Waals surface area contributed by atoms with Crippen LogP contribution in [0, 0.1) is 0 Å². The van der Waals surface area contributed by atoms with Crippen LogP contribution in [0.1, 0.15) is 39.0 Å². The zero-order valence-electron chi connectivity index (χ0n) is 9.96. The minimum atomic E-state index is -0.310. The predicted molar refractivity (Wildman–Crippen MR) is 60.7 cm³/mol. The maximum Gasteiger partial charge on any atom is 0.0636 e. The number of nitrogens with one attached hydrogen (secondary N) is 2. The first-order valence-electron chi connectivity index (χ1n) is 5.32. The summed E-state index contributed by atoms with van der Waals surface area (Å²) in [5.74, 6) is 0. The number of rotatable bonds is 4. The molecule has 0 aliphatic heterocycles. The second-order valence-electron chi connectivity index (χ2n) is 5.00. The molecule has 3 N–H and O–H groups in total. The van der Waals surface area contributed by atoms with Crippen molar-refractivity contribution in [1.82, 2.24) is 15.5 Å². The summed E-state index contributed by atoms with van der Waals surface area (Å²) in [4.78, 5) is 0. The molecule has 1 atom stereocenters. The topological polar surface area (TPSA) is 60.9 Å². The van der Waals surface area contributed by atoms with Gasteiger partial charge in [-0.05, 0) is 6.92 Å². The molecule has 0 aromatic carbocycles. The average molecular weight is 211 g/mol. The molecule has 1 heterocycles. The first kappa shape index (κ1) is 12.2. The Labute approximate surface area is 91.1 Å². The molecule has 1 aromatic rings. The van der Waals surface area contributed by atoms with E-state index >= 15 is 0 Å². The lowest BCUT2D eigenvalue weighted by Gasteiger charge is -2.18. The molecule has 0 aliphatic rings. The van der Waals surface area contributed by atoms with Crippen molar-refractivity contribution in [1.29, 1.82) is 0 Å². The highest BCUT2D eigenvalue weighted by Crippen LogP contribution is 2.22. The molecule has 0 bridgehead atoms. The van der Waals surface area contributed by atoms with Crippen molar-refractivity contribution < 1.29 is 5.11 Å². The molecule has 0 aliphatic carbocycles. The molecule has 0 fully saturated rings. The SMILES string of the molecule is C[C@@H](O)CNCc1cn[nH]c1C(C)(C)C. The third-order valence-corrected chi connectivity index (χ3v) is 2.22. The summed E-state index contributed by atoms with van der Waals surface area (Å²) in [6.45, 7) is 9.58. The van der Waals surface area contributed by atoms with E-state index in [1.807, 2.05) is 6.20 Å². The standard InChI is InChI=1S/C11H21N3O/c1-8(15)5-12-6-9-7-13-14-10(9)11(2,3)4/h7-8,12,15H,5-6H2,1-4H3,(H,13,14)/t8-/m1/s1. The van der Waals surface area contributed by atoms with Crippen LogP contribution in [0.4, 0.5) is 0 Å². The summed E-state index contributed by atoms with van der Waals surface area (Å²) in [5, 5.41) is 19.4. The highest BCUT2D eigenvalue weighted by atomic mass is 16.3. The van der Waals surface area contributed by atoms with Gasteiger partial charge in [-0.3, -0.25) is 5.10 Å². The number of H-pyrrole nitrogens is 1. The summed E-state index contributed by atoms with van der Waals surface area (Å²) in [6.07, 6.45) is 1.53. The van der Waals surface area contributed by atoms with E-state index in [2.05, 4.69) is 36.3 Å². The quantitative estimate of drug-likeness (QED) is 0.701. The van der Waals surface area contributed by atoms with Gasteiger partial charge in [-0.25, -0.2) is 0 Å². The van der Waals surface area contributed by atoms with Gasteiger partial charge in [0.1, 0.15) is 0 Å². The van der Waals surface area contributed by atoms with Crippen LogP contribution >= 0.6 is 0 Å². The van der Waals surface area contributed by atoms with Gasteiger partial charge in [-0.15, -0.1) is 0 Å². The van der Waals surface area contributed by atoms with Crippen LogP contribution in [-0.2, 0) is 12.0 Å². The zero-order valence-corrected chi connectivity index (χ0v) is 9.96. The molecular formula is C11H21N3O. The lowest BCUT2D eigenvalue weighted by Crippen LogP contribution is -2.25. The normalized spacial score (nSPS) is 14.2. The molecular weight excluding hydrogens is 190 g/mol. The highest BCUT2D eigenvalue weighted by Gasteiger charge is 2.19. The smallest absolute Gasteiger partial charge is 0.0636 e. The Balaban J connectivity index is 2.58. The second-order valence-corrected chi connectivity index (χ2v) is 5.00. The van der Waals surface area contributed by atoms with Gasteiger partial charge in [-0.1, -0.05) is 20.8 Å². The first-order chi connectivity index (χ1) is 6.91. The molecule has 0 spiro atoms. The first-order valence-corrected chi connectivity index (χ1v) is 5.32. The fourth-order valence-electron chi connectivity index (χ4n) is 1.51. The largest absolute Gasteiger partial charge is 0.392 e. The molecule has 0 saturated heterocycles. The fourth-order valence-corrected chi connectivity index (χ4v) is 1.51. The number of hydrogen-bond donors (Lipinski definition) is 3. The van der Waals surface area contributed by atoms with Crippen molar-refractivity contribution in [2.45, 2.75) is 45.8 Å². The van der Waals surface area contributed by atoms with Gasteiger partial charge in [0.2, 0.25) is 0 Å². The molecule has 0 amide bonds. The van der Waals surface area contributed by atoms with E-state index in [9.17, 15) is 0 Å². The third-order valence-electron chi connectivity index (χ3n) is 2.22. The molecule has 0 unspecified atom stereocenters. The van der Waals surface area contributed by atoms with E-state index in [0.29, 0.717) is 6.54 Å². The number of aliphatic hydroxyl groups is 1. The van der Waals surface area contributed by atoms with Crippen LogP contribution in [0.25, 0.3) is 0 Å². The molecule has 86 valence electrons. The summed E-state index contributed by atoms with van der Waals surface area (Å²) in [7, 11) is 0. The van der Waals surface area contributed by atoms with E-state index in [1.165, 1.54) is 5.56 Å². The summed E-state index contributed by atoms with van der Waals surface area (Å²) >= 11 is 0. The van der Waals surface area contributed by atoms with Crippen molar-refractivity contribution in [3.05, 3.63) is 17.5 Å². The van der Waals surface area contributed by atoms with Crippen LogP contribution < -0.4 is 5.32 Å². The Morgan fingerprint density at radius 3 is 2.73 bits per heavy atom. The van der Waals surface area contributed by atoms with Gasteiger partial charge in [0.25, 0.3) is 0 Å². The lowest BCUT2D eigenvalue weighted by molar-refractivity contribution is 0.191. The maximum absolute atomic E-state index is 9.12. The Morgan fingerprint density at radius 2 is 2.20 bits per heavy atom. The van der Waals surface area contributed by atoms with Gasteiger partial charge >= 0.3 is 0 Å². The van der Waals surface area contributed by atoms with Gasteiger partial charge in [0.15, 0.2) is 0 Å². The van der Waals surface area contributed by atoms with Gasteiger partial charge < -0.3 is 10.4 Å². The van der Waals surface area contributed by atoms with Crippen molar-refractivity contribution in [2.75, 3.05) is 6.54 Å². The molecule has 15 heavy (non-hydrogen) atoms. The predicted octanol–water partition coefficient (Wildman–Crippen LogP) is 1.18. The Bertz CT molecular complexity index is 299. The molecule has 0 radical (unpaired) electrons. The van der Waals surface area contributed by atoms with E-state index < -0.39 is 0 Å². The van der Waals surface area contributed by atoms with Gasteiger partial charge in [0.05, 0.1) is 12.3 Å². The Hall–Kier alpha value is -0.870. The number of nitrogens with zero attached hydrogens (tertiary/aromatic N) is 1. The lowest BCUT2D eigenvalue weighted by atomic mass is 9.89. The maximum atomic E-state index is 9.12. The highest BCUT2D eigenvalue weighted by molar-refractivity contribution is 5.23. The van der Waals surface area contributed by atoms with E-state index in [4.69, 9.17) is 5.11 Å². The summed E-state index contributed by atoms with van der Waals surface area (Å²) in [5.41, 5.74) is 2.40. The van der Waals surface area contributed by atoms with Crippen LogP contribution in [0.2, 0.25) is 0 Å². The minimum absolute atomic E-state index is 0.0817. The molecule has 4 nitrogen and oxygen atoms in total. The minimum Gasteiger partial charge on any atom is -0.392 e. The van der Waals surface area contributed by atoms with Crippen molar-refractivity contribution >= 4 is 0 Å². The molecule has 0 saturated carbocycles. The van der Waals surface area contributed by atoms with Crippen molar-refractivity contribution in [3.8, 4) is 0 Å². The summed E-state index contributed by atoms with van der Waals surface area (Å²) < 4.78 is 0. The van der Waals surface area contributed by atoms with Crippen molar-refractivity contribution in [2.24, 2.45) is 0 Å². The molecule has 4 heteroatoms. The van der Waals surface area contributed by atoms with Gasteiger partial charge in [-0.2, -0.15) is 5.10 Å². The van der Waals surface area contributed by atoms with E-state index in [-0.39, 0.29) is 11.5 Å². The zero-order chi connectivity index (χ0) is 11.5. The van der Waals surface area contributed by atoms with Crippen LogP contribution in [0.5, 0.6) is 0 Å². The van der Waals surface area contributed by atoms with Crippen LogP contribution in [0.3, 0.4) is 0 Å². The number of aromatic amines is 1. The van der Waals surface area contributed by atoms with E-state index in [1.54, 1.807) is 6.92 Å². The number of hydrogen-bond acceptors (Lipinski definition) is 3. The van der Waals surface area contributed by atoms with Gasteiger partial charge in [0, 0.05) is 29.8 Å². The molecule has 1 aromatic heterocycles.